The van der Waals surface area contributed by atoms with Crippen LogP contribution >= 0.6 is 0 Å². The molecular formula is C12H26N2O2. The van der Waals surface area contributed by atoms with Gasteiger partial charge in [0.05, 0.1) is 0 Å². The van der Waals surface area contributed by atoms with Crippen molar-refractivity contribution < 1.29 is 9.53 Å². The molecule has 0 bridgehead atoms. The Bertz CT molecular complexity index is 174. The van der Waals surface area contributed by atoms with Crippen molar-refractivity contribution in [1.29, 1.82) is 0 Å². The molecule has 0 aromatic rings. The van der Waals surface area contributed by atoms with Crippen LogP contribution in [0.3, 0.4) is 0 Å². The average Bonchev–Trinajstić information content (AvgIpc) is 2.26. The van der Waals surface area contributed by atoms with Gasteiger partial charge in [0, 0.05) is 13.5 Å². The predicted molar refractivity (Wildman–Crippen MR) is 66.2 cm³/mol. The van der Waals surface area contributed by atoms with E-state index in [1.54, 1.807) is 7.11 Å². The summed E-state index contributed by atoms with van der Waals surface area (Å²) >= 11 is 0. The van der Waals surface area contributed by atoms with E-state index in [0.717, 1.165) is 13.1 Å². The van der Waals surface area contributed by atoms with E-state index < -0.39 is 0 Å². The molecule has 16 heavy (non-hydrogen) atoms. The number of carbonyl (C=O) groups is 1. The van der Waals surface area contributed by atoms with Crippen molar-refractivity contribution in [1.82, 2.24) is 10.6 Å². The molecule has 2 N–H and O–H groups in total. The highest BCUT2D eigenvalue weighted by Gasteiger charge is 2.07. The number of ether oxygens (including phenoxy) is 1. The predicted octanol–water partition coefficient (Wildman–Crippen LogP) is 1.51. The molecule has 96 valence electrons. The van der Waals surface area contributed by atoms with Gasteiger partial charge in [-0.2, -0.15) is 0 Å². The van der Waals surface area contributed by atoms with Gasteiger partial charge in [-0.15, -0.1) is 0 Å². The molecular weight excluding hydrogens is 204 g/mol. The maximum atomic E-state index is 11.3. The lowest BCUT2D eigenvalue weighted by molar-refractivity contribution is -0.123. The summed E-state index contributed by atoms with van der Waals surface area (Å²) in [5, 5.41) is 6.06. The Labute approximate surface area is 99.1 Å². The van der Waals surface area contributed by atoms with Gasteiger partial charge in [0.25, 0.3) is 0 Å². The van der Waals surface area contributed by atoms with Crippen LogP contribution in [0.15, 0.2) is 0 Å². The van der Waals surface area contributed by atoms with Crippen molar-refractivity contribution in [2.75, 3.05) is 26.9 Å². The fourth-order valence-electron chi connectivity index (χ4n) is 1.46. The minimum atomic E-state index is 0.0599. The van der Waals surface area contributed by atoms with Gasteiger partial charge < -0.3 is 15.4 Å². The molecule has 0 fully saturated rings. The number of rotatable bonds is 10. The topological polar surface area (TPSA) is 50.4 Å². The summed E-state index contributed by atoms with van der Waals surface area (Å²) in [7, 11) is 1.57. The largest absolute Gasteiger partial charge is 0.364 e. The second-order valence-corrected chi connectivity index (χ2v) is 4.25. The van der Waals surface area contributed by atoms with Gasteiger partial charge in [-0.05, 0) is 25.4 Å². The van der Waals surface area contributed by atoms with Gasteiger partial charge in [0.15, 0.2) is 0 Å². The van der Waals surface area contributed by atoms with Gasteiger partial charge in [-0.3, -0.25) is 4.79 Å². The standard InChI is InChI=1S/C12H26N2O2/c1-4-5-6-7-13-9-11(2)8-12(15)14-10-16-3/h11,13H,4-10H2,1-3H3,(H,14,15). The SMILES string of the molecule is CCCCCNCC(C)CC(=O)NCOC. The molecule has 0 radical (unpaired) electrons. The lowest BCUT2D eigenvalue weighted by Crippen LogP contribution is -2.30. The van der Waals surface area contributed by atoms with Gasteiger partial charge in [-0.1, -0.05) is 26.7 Å². The Kier molecular flexibility index (Phi) is 10.5. The van der Waals surface area contributed by atoms with Crippen molar-refractivity contribution >= 4 is 5.91 Å². The van der Waals surface area contributed by atoms with Crippen LogP contribution in [0, 0.1) is 5.92 Å². The van der Waals surface area contributed by atoms with Crippen LogP contribution in [-0.2, 0) is 9.53 Å². The second-order valence-electron chi connectivity index (χ2n) is 4.25. The maximum absolute atomic E-state index is 11.3. The highest BCUT2D eigenvalue weighted by Crippen LogP contribution is 2.00. The van der Waals surface area contributed by atoms with Gasteiger partial charge >= 0.3 is 0 Å². The smallest absolute Gasteiger partial charge is 0.222 e. The fraction of sp³-hybridized carbons (Fsp3) is 0.917. The van der Waals surface area contributed by atoms with Crippen LogP contribution in [0.5, 0.6) is 0 Å². The molecule has 0 saturated carbocycles. The van der Waals surface area contributed by atoms with E-state index >= 15 is 0 Å². The Hall–Kier alpha value is -0.610. The van der Waals surface area contributed by atoms with E-state index in [4.69, 9.17) is 4.74 Å². The number of amides is 1. The molecule has 0 aromatic heterocycles. The third-order valence-corrected chi connectivity index (χ3v) is 2.40. The number of carbonyl (C=O) groups excluding carboxylic acids is 1. The Balaban J connectivity index is 3.35. The molecule has 4 heteroatoms. The second kappa shape index (κ2) is 10.9. The zero-order chi connectivity index (χ0) is 12.2. The molecule has 0 aliphatic rings. The minimum Gasteiger partial charge on any atom is -0.364 e. The number of nitrogens with one attached hydrogen (secondary N) is 2. The molecule has 0 aromatic carbocycles. The van der Waals surface area contributed by atoms with E-state index in [1.807, 2.05) is 0 Å². The number of hydrogen-bond donors (Lipinski definition) is 2. The van der Waals surface area contributed by atoms with Crippen molar-refractivity contribution in [3.8, 4) is 0 Å². The van der Waals surface area contributed by atoms with Crippen molar-refractivity contribution in [2.45, 2.75) is 39.5 Å². The lowest BCUT2D eigenvalue weighted by Gasteiger charge is -2.12. The van der Waals surface area contributed by atoms with Crippen LogP contribution in [0.2, 0.25) is 0 Å². The number of unbranched alkanes of at least 4 members (excludes halogenated alkanes) is 2. The minimum absolute atomic E-state index is 0.0599. The third kappa shape index (κ3) is 9.93. The Morgan fingerprint density at radius 2 is 2.12 bits per heavy atom. The zero-order valence-electron chi connectivity index (χ0n) is 10.8. The quantitative estimate of drug-likeness (QED) is 0.442. The maximum Gasteiger partial charge on any atom is 0.222 e. The van der Waals surface area contributed by atoms with E-state index in [0.29, 0.717) is 19.1 Å². The van der Waals surface area contributed by atoms with Crippen LogP contribution < -0.4 is 10.6 Å². The summed E-state index contributed by atoms with van der Waals surface area (Å²) in [5.74, 6) is 0.434. The summed E-state index contributed by atoms with van der Waals surface area (Å²) in [6.07, 6.45) is 4.30. The Morgan fingerprint density at radius 3 is 2.75 bits per heavy atom. The highest BCUT2D eigenvalue weighted by atomic mass is 16.5. The molecule has 0 spiro atoms. The van der Waals surface area contributed by atoms with Crippen LogP contribution in [0.4, 0.5) is 0 Å². The van der Waals surface area contributed by atoms with E-state index in [9.17, 15) is 4.79 Å². The summed E-state index contributed by atoms with van der Waals surface area (Å²) in [6, 6.07) is 0. The van der Waals surface area contributed by atoms with Gasteiger partial charge in [0.1, 0.15) is 6.73 Å². The Morgan fingerprint density at radius 1 is 1.38 bits per heavy atom. The van der Waals surface area contributed by atoms with E-state index in [1.165, 1.54) is 19.3 Å². The first-order chi connectivity index (χ1) is 7.70. The summed E-state index contributed by atoms with van der Waals surface area (Å²) in [5.41, 5.74) is 0. The number of hydrogen-bond acceptors (Lipinski definition) is 3. The van der Waals surface area contributed by atoms with Crippen LogP contribution in [0.25, 0.3) is 0 Å². The summed E-state index contributed by atoms with van der Waals surface area (Å²) < 4.78 is 4.77. The first-order valence-corrected chi connectivity index (χ1v) is 6.17. The fourth-order valence-corrected chi connectivity index (χ4v) is 1.46. The molecule has 0 rings (SSSR count). The molecule has 0 aliphatic carbocycles. The third-order valence-electron chi connectivity index (χ3n) is 2.40. The van der Waals surface area contributed by atoms with Crippen molar-refractivity contribution in [2.24, 2.45) is 5.92 Å². The van der Waals surface area contributed by atoms with E-state index in [-0.39, 0.29) is 5.91 Å². The monoisotopic (exact) mass is 230 g/mol. The summed E-state index contributed by atoms with van der Waals surface area (Å²) in [6.45, 7) is 6.54. The van der Waals surface area contributed by atoms with E-state index in [2.05, 4.69) is 24.5 Å². The molecule has 0 saturated heterocycles. The van der Waals surface area contributed by atoms with Crippen molar-refractivity contribution in [3.63, 3.8) is 0 Å². The van der Waals surface area contributed by atoms with Gasteiger partial charge in [-0.25, -0.2) is 0 Å². The normalized spacial score (nSPS) is 12.4. The molecule has 1 amide bonds. The lowest BCUT2D eigenvalue weighted by atomic mass is 10.1. The summed E-state index contributed by atoms with van der Waals surface area (Å²) in [4.78, 5) is 11.3. The number of methoxy groups -OCH3 is 1. The van der Waals surface area contributed by atoms with Crippen molar-refractivity contribution in [3.05, 3.63) is 0 Å². The molecule has 4 nitrogen and oxygen atoms in total. The van der Waals surface area contributed by atoms with Crippen LogP contribution in [0.1, 0.15) is 39.5 Å². The average molecular weight is 230 g/mol. The molecule has 0 heterocycles. The van der Waals surface area contributed by atoms with Gasteiger partial charge in [0.2, 0.25) is 5.91 Å². The molecule has 0 aliphatic heterocycles. The highest BCUT2D eigenvalue weighted by molar-refractivity contribution is 5.75. The first kappa shape index (κ1) is 15.4. The molecule has 1 atom stereocenters. The first-order valence-electron chi connectivity index (χ1n) is 6.17. The van der Waals surface area contributed by atoms with Crippen LogP contribution in [-0.4, -0.2) is 32.8 Å². The zero-order valence-corrected chi connectivity index (χ0v) is 10.8. The molecule has 1 unspecified atom stereocenters.